The average molecular weight is 432 g/mol. The quantitative estimate of drug-likeness (QED) is 0.701. The maximum Gasteiger partial charge on any atom is 0.255 e. The molecular weight excluding hydrogens is 402 g/mol. The first-order chi connectivity index (χ1) is 14.0. The lowest BCUT2D eigenvalue weighted by Gasteiger charge is -2.20. The Hall–Kier alpha value is -2.71. The van der Waals surface area contributed by atoms with Crippen LogP contribution in [0.15, 0.2) is 53.4 Å². The third-order valence-corrected chi connectivity index (χ3v) is 6.06. The van der Waals surface area contributed by atoms with Crippen LogP contribution in [0.3, 0.4) is 0 Å². The molecule has 0 aromatic heterocycles. The summed E-state index contributed by atoms with van der Waals surface area (Å²) in [7, 11) is -3.67. The number of amides is 2. The normalized spacial score (nSPS) is 11.8. The molecule has 7 nitrogen and oxygen atoms in total. The predicted molar refractivity (Wildman–Crippen MR) is 118 cm³/mol. The fraction of sp³-hybridized carbons (Fsp3) is 0.364. The highest BCUT2D eigenvalue weighted by Crippen LogP contribution is 2.17. The molecule has 30 heavy (non-hydrogen) atoms. The first kappa shape index (κ1) is 23.6. The van der Waals surface area contributed by atoms with E-state index in [0.717, 1.165) is 0 Å². The average Bonchev–Trinajstić information content (AvgIpc) is 2.67. The maximum atomic E-state index is 12.6. The Morgan fingerprint density at radius 3 is 2.07 bits per heavy atom. The molecule has 0 aliphatic heterocycles. The molecule has 0 fully saturated rings. The number of sulfonamides is 1. The largest absolute Gasteiger partial charge is 0.339 e. The van der Waals surface area contributed by atoms with Gasteiger partial charge in [-0.25, -0.2) is 13.1 Å². The number of carbonyl (C=O) groups is 2. The Labute approximate surface area is 178 Å². The van der Waals surface area contributed by atoms with E-state index >= 15 is 0 Å². The summed E-state index contributed by atoms with van der Waals surface area (Å²) in [5, 5.41) is 2.75. The lowest BCUT2D eigenvalue weighted by molar-refractivity contribution is 0.0772. The van der Waals surface area contributed by atoms with Crippen LogP contribution in [0, 0.1) is 0 Å². The van der Waals surface area contributed by atoms with E-state index in [0.29, 0.717) is 29.9 Å². The van der Waals surface area contributed by atoms with Gasteiger partial charge in [0.15, 0.2) is 0 Å². The Balaban J connectivity index is 2.15. The maximum absolute atomic E-state index is 12.6. The van der Waals surface area contributed by atoms with Crippen molar-refractivity contribution in [1.82, 2.24) is 9.62 Å². The van der Waals surface area contributed by atoms with Gasteiger partial charge in [0.1, 0.15) is 0 Å². The molecule has 0 spiro atoms. The van der Waals surface area contributed by atoms with Crippen LogP contribution in [0.25, 0.3) is 0 Å². The van der Waals surface area contributed by atoms with Gasteiger partial charge in [0, 0.05) is 35.4 Å². The molecule has 162 valence electrons. The van der Waals surface area contributed by atoms with Crippen molar-refractivity contribution < 1.29 is 18.0 Å². The van der Waals surface area contributed by atoms with E-state index in [1.807, 2.05) is 13.8 Å². The minimum absolute atomic E-state index is 0.0841. The number of benzene rings is 2. The molecule has 0 unspecified atom stereocenters. The van der Waals surface area contributed by atoms with E-state index in [4.69, 9.17) is 0 Å². The molecule has 2 rings (SSSR count). The number of hydrogen-bond donors (Lipinski definition) is 2. The lowest BCUT2D eigenvalue weighted by atomic mass is 10.1. The van der Waals surface area contributed by atoms with Crippen molar-refractivity contribution >= 4 is 27.5 Å². The predicted octanol–water partition coefficient (Wildman–Crippen LogP) is 3.50. The van der Waals surface area contributed by atoms with Crippen LogP contribution in [-0.2, 0) is 10.0 Å². The fourth-order valence-corrected chi connectivity index (χ4v) is 4.29. The highest BCUT2D eigenvalue weighted by molar-refractivity contribution is 7.89. The summed E-state index contributed by atoms with van der Waals surface area (Å²) in [5.41, 5.74) is 0.683. The van der Waals surface area contributed by atoms with Gasteiger partial charge >= 0.3 is 0 Å². The molecule has 0 saturated carbocycles. The Morgan fingerprint density at radius 2 is 1.53 bits per heavy atom. The van der Waals surface area contributed by atoms with Gasteiger partial charge in [0.25, 0.3) is 11.8 Å². The standard InChI is InChI=1S/C22H29N3O4S/c1-6-25(7-2)21(27)17-9-8-10-18(15-17)23-20(26)16-11-13-19(14-12-16)30(28,29)24-22(3,4)5/h8-15,24H,6-7H2,1-5H3,(H,23,26). The second-order valence-electron chi connectivity index (χ2n) is 7.89. The highest BCUT2D eigenvalue weighted by atomic mass is 32.2. The zero-order valence-corrected chi connectivity index (χ0v) is 18.8. The number of hydrogen-bond acceptors (Lipinski definition) is 4. The molecule has 2 aromatic rings. The van der Waals surface area contributed by atoms with Crippen molar-refractivity contribution in [2.24, 2.45) is 0 Å². The minimum atomic E-state index is -3.67. The third-order valence-electron chi connectivity index (χ3n) is 4.29. The summed E-state index contributed by atoms with van der Waals surface area (Å²) >= 11 is 0. The summed E-state index contributed by atoms with van der Waals surface area (Å²) in [5.74, 6) is -0.493. The second kappa shape index (κ2) is 9.40. The van der Waals surface area contributed by atoms with Crippen LogP contribution in [0.1, 0.15) is 55.3 Å². The van der Waals surface area contributed by atoms with Gasteiger partial charge in [-0.3, -0.25) is 9.59 Å². The first-order valence-electron chi connectivity index (χ1n) is 9.81. The van der Waals surface area contributed by atoms with Gasteiger partial charge in [-0.1, -0.05) is 6.07 Å². The van der Waals surface area contributed by atoms with Crippen LogP contribution in [0.5, 0.6) is 0 Å². The Kier molecular flexibility index (Phi) is 7.39. The number of rotatable bonds is 7. The molecule has 2 aromatic carbocycles. The molecule has 0 bridgehead atoms. The van der Waals surface area contributed by atoms with Crippen molar-refractivity contribution in [2.75, 3.05) is 18.4 Å². The molecule has 0 aliphatic carbocycles. The summed E-state index contributed by atoms with van der Waals surface area (Å²) in [4.78, 5) is 26.8. The minimum Gasteiger partial charge on any atom is -0.339 e. The Bertz CT molecular complexity index is 1010. The Morgan fingerprint density at radius 1 is 0.933 bits per heavy atom. The molecule has 8 heteroatoms. The van der Waals surface area contributed by atoms with Gasteiger partial charge in [0.2, 0.25) is 10.0 Å². The number of nitrogens with one attached hydrogen (secondary N) is 2. The zero-order chi connectivity index (χ0) is 22.5. The molecular formula is C22H29N3O4S. The van der Waals surface area contributed by atoms with Gasteiger partial charge in [-0.05, 0) is 77.1 Å². The van der Waals surface area contributed by atoms with E-state index in [1.165, 1.54) is 24.3 Å². The number of nitrogens with zero attached hydrogens (tertiary/aromatic N) is 1. The third kappa shape index (κ3) is 6.14. The van der Waals surface area contributed by atoms with E-state index in [-0.39, 0.29) is 10.8 Å². The van der Waals surface area contributed by atoms with Crippen molar-refractivity contribution in [3.8, 4) is 0 Å². The SMILES string of the molecule is CCN(CC)C(=O)c1cccc(NC(=O)c2ccc(S(=O)(=O)NC(C)(C)C)cc2)c1. The topological polar surface area (TPSA) is 95.6 Å². The second-order valence-corrected chi connectivity index (χ2v) is 9.57. The van der Waals surface area contributed by atoms with Crippen molar-refractivity contribution in [3.05, 3.63) is 59.7 Å². The lowest BCUT2D eigenvalue weighted by Crippen LogP contribution is -2.40. The smallest absolute Gasteiger partial charge is 0.255 e. The van der Waals surface area contributed by atoms with E-state index < -0.39 is 21.5 Å². The molecule has 0 radical (unpaired) electrons. The van der Waals surface area contributed by atoms with Crippen LogP contribution in [-0.4, -0.2) is 43.8 Å². The van der Waals surface area contributed by atoms with Crippen molar-refractivity contribution in [3.63, 3.8) is 0 Å². The van der Waals surface area contributed by atoms with Gasteiger partial charge in [-0.2, -0.15) is 0 Å². The molecule has 0 saturated heterocycles. The molecule has 2 amide bonds. The summed E-state index contributed by atoms with van der Waals surface area (Å²) in [6.07, 6.45) is 0. The highest BCUT2D eigenvalue weighted by Gasteiger charge is 2.22. The van der Waals surface area contributed by atoms with Crippen LogP contribution in [0.4, 0.5) is 5.69 Å². The van der Waals surface area contributed by atoms with E-state index in [2.05, 4.69) is 10.0 Å². The van der Waals surface area contributed by atoms with Crippen LogP contribution >= 0.6 is 0 Å². The summed E-state index contributed by atoms with van der Waals surface area (Å²) in [6.45, 7) is 10.3. The van der Waals surface area contributed by atoms with Gasteiger partial charge in [0.05, 0.1) is 4.90 Å². The van der Waals surface area contributed by atoms with Gasteiger partial charge < -0.3 is 10.2 Å². The molecule has 0 aliphatic rings. The van der Waals surface area contributed by atoms with E-state index in [9.17, 15) is 18.0 Å². The molecule has 2 N–H and O–H groups in total. The molecule has 0 heterocycles. The van der Waals surface area contributed by atoms with Crippen LogP contribution < -0.4 is 10.0 Å². The van der Waals surface area contributed by atoms with Crippen molar-refractivity contribution in [2.45, 2.75) is 45.1 Å². The molecule has 0 atom stereocenters. The van der Waals surface area contributed by atoms with Crippen LogP contribution in [0.2, 0.25) is 0 Å². The van der Waals surface area contributed by atoms with Gasteiger partial charge in [-0.15, -0.1) is 0 Å². The summed E-state index contributed by atoms with van der Waals surface area (Å²) < 4.78 is 27.3. The number of anilines is 1. The number of carbonyl (C=O) groups excluding carboxylic acids is 2. The summed E-state index contributed by atoms with van der Waals surface area (Å²) in [6, 6.07) is 12.4. The zero-order valence-electron chi connectivity index (χ0n) is 18.0. The monoisotopic (exact) mass is 431 g/mol. The van der Waals surface area contributed by atoms with E-state index in [1.54, 1.807) is 49.9 Å². The van der Waals surface area contributed by atoms with Crippen molar-refractivity contribution in [1.29, 1.82) is 0 Å². The fourth-order valence-electron chi connectivity index (χ4n) is 2.87. The first-order valence-corrected chi connectivity index (χ1v) is 11.3.